The first-order valence-corrected chi connectivity index (χ1v) is 8.29. The Hall–Kier alpha value is -3.87. The molecule has 7 heteroatoms. The molecule has 0 unspecified atom stereocenters. The molecule has 2 amide bonds. The van der Waals surface area contributed by atoms with Crippen LogP contribution in [0, 0.1) is 0 Å². The zero-order valence-corrected chi connectivity index (χ0v) is 14.7. The van der Waals surface area contributed by atoms with Crippen molar-refractivity contribution in [3.63, 3.8) is 0 Å². The number of rotatable bonds is 5. The van der Waals surface area contributed by atoms with Crippen molar-refractivity contribution in [3.8, 4) is 0 Å². The number of benzene rings is 2. The van der Waals surface area contributed by atoms with Gasteiger partial charge in [0.1, 0.15) is 0 Å². The fraction of sp³-hybridized carbons (Fsp3) is 0.0500. The maximum Gasteiger partial charge on any atom is 0.339 e. The Morgan fingerprint density at radius 3 is 2.15 bits per heavy atom. The van der Waals surface area contributed by atoms with E-state index in [1.54, 1.807) is 36.7 Å². The fourth-order valence-electron chi connectivity index (χ4n) is 2.17. The van der Waals surface area contributed by atoms with E-state index in [1.165, 1.54) is 0 Å². The van der Waals surface area contributed by atoms with Crippen molar-refractivity contribution in [3.05, 3.63) is 84.7 Å². The summed E-state index contributed by atoms with van der Waals surface area (Å²) < 4.78 is 0. The van der Waals surface area contributed by atoms with Crippen molar-refractivity contribution in [1.29, 1.82) is 0 Å². The van der Waals surface area contributed by atoms with Crippen molar-refractivity contribution in [2.45, 2.75) is 6.92 Å². The molecule has 0 radical (unpaired) electrons. The second-order valence-corrected chi connectivity index (χ2v) is 5.58. The maximum atomic E-state index is 12.0. The van der Waals surface area contributed by atoms with Gasteiger partial charge in [0.2, 0.25) is 0 Å². The molecule has 0 aliphatic rings. The Kier molecular flexibility index (Phi) is 5.98. The smallest absolute Gasteiger partial charge is 0.307 e. The van der Waals surface area contributed by atoms with Crippen molar-refractivity contribution < 1.29 is 4.79 Å². The number of carbonyl (C=O) groups excluding carboxylic acids is 1. The lowest BCUT2D eigenvalue weighted by molar-refractivity contribution is 0.252. The SMILES string of the molecule is C/C(=N\NC(=O)Nc1ccc(N=Nc2ccccc2)cc1)c1ccncc1. The van der Waals surface area contributed by atoms with E-state index in [0.717, 1.165) is 11.3 Å². The molecule has 0 aliphatic heterocycles. The number of anilines is 1. The van der Waals surface area contributed by atoms with E-state index >= 15 is 0 Å². The summed E-state index contributed by atoms with van der Waals surface area (Å²) in [7, 11) is 0. The van der Waals surface area contributed by atoms with Gasteiger partial charge in [0.05, 0.1) is 17.1 Å². The highest BCUT2D eigenvalue weighted by Crippen LogP contribution is 2.19. The molecular formula is C20H18N6O. The van der Waals surface area contributed by atoms with Crippen LogP contribution in [0.2, 0.25) is 0 Å². The Bertz CT molecular complexity index is 937. The summed E-state index contributed by atoms with van der Waals surface area (Å²) in [4.78, 5) is 15.9. The van der Waals surface area contributed by atoms with Gasteiger partial charge in [-0.05, 0) is 55.5 Å². The highest BCUT2D eigenvalue weighted by atomic mass is 16.2. The Morgan fingerprint density at radius 1 is 0.852 bits per heavy atom. The van der Waals surface area contributed by atoms with Gasteiger partial charge in [0, 0.05) is 23.6 Å². The van der Waals surface area contributed by atoms with Crippen LogP contribution < -0.4 is 10.7 Å². The van der Waals surface area contributed by atoms with Crippen molar-refractivity contribution in [2.75, 3.05) is 5.32 Å². The third-order valence-corrected chi connectivity index (χ3v) is 3.59. The lowest BCUT2D eigenvalue weighted by Gasteiger charge is -2.05. The average Bonchev–Trinajstić information content (AvgIpc) is 2.73. The van der Waals surface area contributed by atoms with Crippen LogP contribution in [0.15, 0.2) is 94.5 Å². The van der Waals surface area contributed by atoms with Crippen LogP contribution >= 0.6 is 0 Å². The number of nitrogens with one attached hydrogen (secondary N) is 2. The molecule has 3 rings (SSSR count). The molecular weight excluding hydrogens is 340 g/mol. The van der Waals surface area contributed by atoms with Gasteiger partial charge in [-0.3, -0.25) is 4.98 Å². The molecule has 7 nitrogen and oxygen atoms in total. The summed E-state index contributed by atoms with van der Waals surface area (Å²) in [5.41, 5.74) is 6.14. The number of hydrazone groups is 1. The largest absolute Gasteiger partial charge is 0.339 e. The van der Waals surface area contributed by atoms with E-state index in [9.17, 15) is 4.79 Å². The fourth-order valence-corrected chi connectivity index (χ4v) is 2.17. The lowest BCUT2D eigenvalue weighted by atomic mass is 10.2. The monoisotopic (exact) mass is 358 g/mol. The topological polar surface area (TPSA) is 91.1 Å². The van der Waals surface area contributed by atoms with Gasteiger partial charge in [-0.2, -0.15) is 15.3 Å². The Labute approximate surface area is 156 Å². The standard InChI is InChI=1S/C20H18N6O/c1-15(16-11-13-21-14-12-16)23-26-20(27)22-17-7-9-19(10-8-17)25-24-18-5-3-2-4-6-18/h2-14H,1H3,(H2,22,26,27)/b23-15+,25-24?. The van der Waals surface area contributed by atoms with Gasteiger partial charge >= 0.3 is 6.03 Å². The summed E-state index contributed by atoms with van der Waals surface area (Å²) in [5.74, 6) is 0. The number of carbonyl (C=O) groups is 1. The number of aromatic nitrogens is 1. The first kappa shape index (κ1) is 17.9. The molecule has 0 bridgehead atoms. The molecule has 3 aromatic rings. The zero-order chi connectivity index (χ0) is 18.9. The van der Waals surface area contributed by atoms with Crippen LogP contribution in [0.5, 0.6) is 0 Å². The summed E-state index contributed by atoms with van der Waals surface area (Å²) >= 11 is 0. The second kappa shape index (κ2) is 9.00. The molecule has 27 heavy (non-hydrogen) atoms. The minimum absolute atomic E-state index is 0.429. The summed E-state index contributed by atoms with van der Waals surface area (Å²) in [6, 6.07) is 19.7. The molecule has 0 atom stereocenters. The van der Waals surface area contributed by atoms with Gasteiger partial charge in [0.15, 0.2) is 0 Å². The molecule has 2 aromatic carbocycles. The molecule has 0 saturated heterocycles. The summed E-state index contributed by atoms with van der Waals surface area (Å²) in [6.07, 6.45) is 3.34. The molecule has 134 valence electrons. The van der Waals surface area contributed by atoms with Crippen LogP contribution in [0.3, 0.4) is 0 Å². The quantitative estimate of drug-likeness (QED) is 0.380. The third-order valence-electron chi connectivity index (χ3n) is 3.59. The molecule has 0 aliphatic carbocycles. The van der Waals surface area contributed by atoms with Gasteiger partial charge in [-0.1, -0.05) is 18.2 Å². The Balaban J connectivity index is 1.55. The molecule has 2 N–H and O–H groups in total. The number of urea groups is 1. The molecule has 0 fully saturated rings. The number of azo groups is 1. The summed E-state index contributed by atoms with van der Waals surface area (Å²) in [5, 5.41) is 15.1. The van der Waals surface area contributed by atoms with E-state index in [1.807, 2.05) is 49.4 Å². The van der Waals surface area contributed by atoms with Gasteiger partial charge in [-0.15, -0.1) is 0 Å². The van der Waals surface area contributed by atoms with Crippen molar-refractivity contribution >= 4 is 28.8 Å². The summed E-state index contributed by atoms with van der Waals surface area (Å²) in [6.45, 7) is 1.81. The van der Waals surface area contributed by atoms with Crippen molar-refractivity contribution in [2.24, 2.45) is 15.3 Å². The maximum absolute atomic E-state index is 12.0. The molecule has 0 spiro atoms. The number of pyridine rings is 1. The van der Waals surface area contributed by atoms with Gasteiger partial charge < -0.3 is 5.32 Å². The first-order chi connectivity index (χ1) is 13.2. The molecule has 0 saturated carbocycles. The second-order valence-electron chi connectivity index (χ2n) is 5.58. The first-order valence-electron chi connectivity index (χ1n) is 8.29. The lowest BCUT2D eigenvalue weighted by Crippen LogP contribution is -2.25. The number of hydrogen-bond donors (Lipinski definition) is 2. The van der Waals surface area contributed by atoms with E-state index in [2.05, 4.69) is 31.1 Å². The minimum Gasteiger partial charge on any atom is -0.307 e. The highest BCUT2D eigenvalue weighted by Gasteiger charge is 2.02. The predicted octanol–water partition coefficient (Wildman–Crippen LogP) is 5.04. The number of amides is 2. The number of hydrogen-bond acceptors (Lipinski definition) is 5. The van der Waals surface area contributed by atoms with Crippen LogP contribution in [0.25, 0.3) is 0 Å². The van der Waals surface area contributed by atoms with E-state index in [0.29, 0.717) is 17.1 Å². The van der Waals surface area contributed by atoms with Crippen LogP contribution in [-0.4, -0.2) is 16.7 Å². The van der Waals surface area contributed by atoms with Gasteiger partial charge in [-0.25, -0.2) is 10.2 Å². The van der Waals surface area contributed by atoms with E-state index in [4.69, 9.17) is 0 Å². The molecule has 1 aromatic heterocycles. The Morgan fingerprint density at radius 2 is 1.48 bits per heavy atom. The normalized spacial score (nSPS) is 11.4. The van der Waals surface area contributed by atoms with Crippen LogP contribution in [-0.2, 0) is 0 Å². The third kappa shape index (κ3) is 5.57. The minimum atomic E-state index is -0.429. The highest BCUT2D eigenvalue weighted by molar-refractivity contribution is 5.99. The van der Waals surface area contributed by atoms with Crippen LogP contribution in [0.4, 0.5) is 21.9 Å². The van der Waals surface area contributed by atoms with E-state index in [-0.39, 0.29) is 0 Å². The van der Waals surface area contributed by atoms with Gasteiger partial charge in [0.25, 0.3) is 0 Å². The van der Waals surface area contributed by atoms with E-state index < -0.39 is 6.03 Å². The van der Waals surface area contributed by atoms with Crippen molar-refractivity contribution in [1.82, 2.24) is 10.4 Å². The zero-order valence-electron chi connectivity index (χ0n) is 14.7. The average molecular weight is 358 g/mol. The number of nitrogens with zero attached hydrogens (tertiary/aromatic N) is 4. The predicted molar refractivity (Wildman–Crippen MR) is 106 cm³/mol. The molecule has 1 heterocycles. The van der Waals surface area contributed by atoms with Crippen LogP contribution in [0.1, 0.15) is 12.5 Å².